The summed E-state index contributed by atoms with van der Waals surface area (Å²) >= 11 is 0. The topological polar surface area (TPSA) is 65.1 Å². The number of aryl methyl sites for hydroxylation is 2. The van der Waals surface area contributed by atoms with Crippen molar-refractivity contribution in [3.8, 4) is 5.75 Å². The third-order valence-electron chi connectivity index (χ3n) is 7.83. The van der Waals surface area contributed by atoms with Crippen LogP contribution in [0, 0.1) is 25.7 Å². The average Bonchev–Trinajstić information content (AvgIpc) is 3.30. The van der Waals surface area contributed by atoms with E-state index in [1.165, 1.54) is 51.7 Å². The van der Waals surface area contributed by atoms with Crippen molar-refractivity contribution in [2.75, 3.05) is 61.0 Å². The first kappa shape index (κ1) is 28.1. The summed E-state index contributed by atoms with van der Waals surface area (Å²) in [5.41, 5.74) is 1.88. The molecule has 2 atom stereocenters. The lowest BCUT2D eigenvalue weighted by molar-refractivity contribution is -0.121. The van der Waals surface area contributed by atoms with E-state index < -0.39 is 11.0 Å². The maximum Gasteiger partial charge on any atom is 0.221 e. The van der Waals surface area contributed by atoms with Crippen LogP contribution < -0.4 is 10.1 Å². The van der Waals surface area contributed by atoms with E-state index in [0.29, 0.717) is 24.9 Å². The van der Waals surface area contributed by atoms with E-state index in [2.05, 4.69) is 29.2 Å². The second kappa shape index (κ2) is 13.2. The highest BCUT2D eigenvalue weighted by Crippen LogP contribution is 2.30. The van der Waals surface area contributed by atoms with Gasteiger partial charge in [0.2, 0.25) is 5.91 Å². The Morgan fingerprint density at radius 3 is 2.29 bits per heavy atom. The van der Waals surface area contributed by atoms with Crippen molar-refractivity contribution in [1.82, 2.24) is 19.4 Å². The molecule has 1 saturated carbocycles. The molecule has 2 unspecified atom stereocenters. The molecule has 1 amide bonds. The minimum Gasteiger partial charge on any atom is -0.497 e. The number of amides is 1. The highest BCUT2D eigenvalue weighted by Gasteiger charge is 2.28. The maximum atomic E-state index is 13.1. The Hall–Kier alpha value is -1.48. The number of nitrogens with one attached hydrogen (secondary N) is 1. The van der Waals surface area contributed by atoms with Crippen LogP contribution in [0.4, 0.5) is 0 Å². The minimum absolute atomic E-state index is 0.0472. The lowest BCUT2D eigenvalue weighted by Crippen LogP contribution is -2.36. The van der Waals surface area contributed by atoms with Crippen LogP contribution in [0.1, 0.15) is 49.7 Å². The Morgan fingerprint density at radius 2 is 1.71 bits per heavy atom. The summed E-state index contributed by atoms with van der Waals surface area (Å²) < 4.78 is 20.1. The van der Waals surface area contributed by atoms with E-state index in [9.17, 15) is 9.00 Å². The van der Waals surface area contributed by atoms with Crippen LogP contribution in [0.15, 0.2) is 17.0 Å². The van der Waals surface area contributed by atoms with Gasteiger partial charge in [0.25, 0.3) is 0 Å². The van der Waals surface area contributed by atoms with Crippen molar-refractivity contribution >= 4 is 16.9 Å². The van der Waals surface area contributed by atoms with Crippen LogP contribution in [-0.2, 0) is 15.8 Å². The van der Waals surface area contributed by atoms with Crippen LogP contribution in [0.3, 0.4) is 0 Å². The predicted octanol–water partition coefficient (Wildman–Crippen LogP) is 3.22. The van der Waals surface area contributed by atoms with Crippen molar-refractivity contribution in [3.05, 3.63) is 23.3 Å². The SMILES string of the molecule is COc1cc(C)c(S(=O)N(C)CCC(=O)NCC2CCC(CN3CCC(N(C)C)C3)CC2)c(C)c1. The first-order valence-corrected chi connectivity index (χ1v) is 14.2. The van der Waals surface area contributed by atoms with Crippen LogP contribution in [0.2, 0.25) is 0 Å². The number of hydrogen-bond donors (Lipinski definition) is 1. The van der Waals surface area contributed by atoms with Crippen molar-refractivity contribution in [2.45, 2.75) is 63.3 Å². The molecule has 0 spiro atoms. The molecule has 1 aliphatic carbocycles. The van der Waals surface area contributed by atoms with Gasteiger partial charge in [-0.05, 0) is 102 Å². The normalized spacial score (nSPS) is 24.2. The van der Waals surface area contributed by atoms with Crippen LogP contribution in [0.25, 0.3) is 0 Å². The van der Waals surface area contributed by atoms with E-state index >= 15 is 0 Å². The Kier molecular flexibility index (Phi) is 10.6. The molecule has 1 saturated heterocycles. The summed E-state index contributed by atoms with van der Waals surface area (Å²) in [5, 5.41) is 3.13. The molecular formula is C27H46N4O3S. The summed E-state index contributed by atoms with van der Waals surface area (Å²) in [7, 11) is 6.52. The van der Waals surface area contributed by atoms with E-state index in [1.54, 1.807) is 11.4 Å². The van der Waals surface area contributed by atoms with Gasteiger partial charge in [-0.15, -0.1) is 0 Å². The fraction of sp³-hybridized carbons (Fsp3) is 0.741. The Bertz CT molecular complexity index is 847. The highest BCUT2D eigenvalue weighted by atomic mass is 32.2. The van der Waals surface area contributed by atoms with Crippen LogP contribution >= 0.6 is 0 Å². The third kappa shape index (κ3) is 8.00. The van der Waals surface area contributed by atoms with E-state index in [0.717, 1.165) is 34.2 Å². The number of rotatable bonds is 11. The number of carbonyl (C=O) groups is 1. The van der Waals surface area contributed by atoms with Gasteiger partial charge in [-0.2, -0.15) is 0 Å². The minimum atomic E-state index is -1.31. The second-order valence-corrected chi connectivity index (χ2v) is 12.3. The Labute approximate surface area is 215 Å². The maximum absolute atomic E-state index is 13.1. The smallest absolute Gasteiger partial charge is 0.221 e. The van der Waals surface area contributed by atoms with E-state index in [1.807, 2.05) is 33.0 Å². The molecule has 1 aromatic rings. The number of likely N-dealkylation sites (tertiary alicyclic amines) is 1. The lowest BCUT2D eigenvalue weighted by atomic mass is 9.81. The number of methoxy groups -OCH3 is 1. The number of hydrogen-bond acceptors (Lipinski definition) is 5. The highest BCUT2D eigenvalue weighted by molar-refractivity contribution is 7.82. The molecule has 1 aromatic carbocycles. The molecule has 7 nitrogen and oxygen atoms in total. The van der Waals surface area contributed by atoms with Gasteiger partial charge < -0.3 is 19.9 Å². The molecule has 0 aromatic heterocycles. The summed E-state index contributed by atoms with van der Waals surface area (Å²) in [4.78, 5) is 18.3. The molecule has 1 N–H and O–H groups in total. The monoisotopic (exact) mass is 506 g/mol. The number of likely N-dealkylation sites (N-methyl/N-ethyl adjacent to an activating group) is 1. The molecule has 8 heteroatoms. The molecule has 35 heavy (non-hydrogen) atoms. The molecule has 198 valence electrons. The molecular weight excluding hydrogens is 460 g/mol. The molecule has 2 aliphatic rings. The summed E-state index contributed by atoms with van der Waals surface area (Å²) in [6.07, 6.45) is 6.59. The van der Waals surface area contributed by atoms with E-state index in [4.69, 9.17) is 4.74 Å². The van der Waals surface area contributed by atoms with Crippen LogP contribution in [0.5, 0.6) is 5.75 Å². The fourth-order valence-corrected chi connectivity index (χ4v) is 6.77. The fourth-order valence-electron chi connectivity index (χ4n) is 5.53. The first-order chi connectivity index (χ1) is 16.7. The zero-order valence-corrected chi connectivity index (χ0v) is 23.5. The van der Waals surface area contributed by atoms with Gasteiger partial charge in [-0.25, -0.2) is 8.51 Å². The standard InChI is InChI=1S/C27H46N4O3S/c1-20-15-25(34-6)16-21(2)27(20)35(33)30(5)13-12-26(32)28-17-22-7-9-23(10-8-22)18-31-14-11-24(19-31)29(3)4/h15-16,22-24H,7-14,17-19H2,1-6H3,(H,28,32). The van der Waals surface area contributed by atoms with Gasteiger partial charge >= 0.3 is 0 Å². The van der Waals surface area contributed by atoms with Gasteiger partial charge in [-0.1, -0.05) is 0 Å². The Morgan fingerprint density at radius 1 is 1.09 bits per heavy atom. The van der Waals surface area contributed by atoms with Crippen molar-refractivity contribution in [3.63, 3.8) is 0 Å². The molecule has 1 heterocycles. The zero-order chi connectivity index (χ0) is 25.5. The molecule has 0 bridgehead atoms. The number of carbonyl (C=O) groups excluding carboxylic acids is 1. The largest absolute Gasteiger partial charge is 0.497 e. The average molecular weight is 507 g/mol. The lowest BCUT2D eigenvalue weighted by Gasteiger charge is -2.31. The van der Waals surface area contributed by atoms with Gasteiger partial charge in [0.1, 0.15) is 16.7 Å². The van der Waals surface area contributed by atoms with Crippen molar-refractivity contribution < 1.29 is 13.7 Å². The summed E-state index contributed by atoms with van der Waals surface area (Å²) in [6.45, 7) is 8.80. The second-order valence-electron chi connectivity index (χ2n) is 10.8. The van der Waals surface area contributed by atoms with Crippen LogP contribution in [-0.4, -0.2) is 91.2 Å². The molecule has 3 rings (SSSR count). The predicted molar refractivity (Wildman–Crippen MR) is 143 cm³/mol. The zero-order valence-electron chi connectivity index (χ0n) is 22.6. The number of ether oxygens (including phenoxy) is 1. The first-order valence-electron chi connectivity index (χ1n) is 13.1. The quantitative estimate of drug-likeness (QED) is 0.499. The summed E-state index contributed by atoms with van der Waals surface area (Å²) in [6, 6.07) is 4.52. The van der Waals surface area contributed by atoms with Gasteiger partial charge in [-0.3, -0.25) is 4.79 Å². The van der Waals surface area contributed by atoms with Gasteiger partial charge in [0, 0.05) is 45.7 Å². The molecule has 1 aliphatic heterocycles. The number of nitrogens with zero attached hydrogens (tertiary/aromatic N) is 3. The van der Waals surface area contributed by atoms with Crippen molar-refractivity contribution in [1.29, 1.82) is 0 Å². The van der Waals surface area contributed by atoms with Gasteiger partial charge in [0.15, 0.2) is 0 Å². The summed E-state index contributed by atoms with van der Waals surface area (Å²) in [5.74, 6) is 2.20. The van der Waals surface area contributed by atoms with Crippen molar-refractivity contribution in [2.24, 2.45) is 11.8 Å². The van der Waals surface area contributed by atoms with Gasteiger partial charge in [0.05, 0.1) is 12.0 Å². The molecule has 0 radical (unpaired) electrons. The number of benzene rings is 1. The third-order valence-corrected chi connectivity index (χ3v) is 9.57. The van der Waals surface area contributed by atoms with E-state index in [-0.39, 0.29) is 5.91 Å². The molecule has 2 fully saturated rings. The Balaban J connectivity index is 1.34.